The largest absolute Gasteiger partial charge is 0.128 e. The summed E-state index contributed by atoms with van der Waals surface area (Å²) in [7, 11) is 0. The van der Waals surface area contributed by atoms with Gasteiger partial charge in [0.05, 0.1) is 10.8 Å². The maximum absolute atomic E-state index is 5.73. The third-order valence-corrected chi connectivity index (χ3v) is 2.07. The summed E-state index contributed by atoms with van der Waals surface area (Å²) in [6, 6.07) is 0. The van der Waals surface area contributed by atoms with Crippen LogP contribution in [0.3, 0.4) is 0 Å². The molecule has 0 aliphatic heterocycles. The van der Waals surface area contributed by atoms with Gasteiger partial charge >= 0.3 is 0 Å². The predicted octanol–water partition coefficient (Wildman–Crippen LogP) is 2.32. The Morgan fingerprint density at radius 3 is 2.62 bits per heavy atom. The van der Waals surface area contributed by atoms with E-state index in [1.54, 1.807) is 6.08 Å². The van der Waals surface area contributed by atoms with Crippen molar-refractivity contribution >= 4 is 23.2 Å². The van der Waals surface area contributed by atoms with Gasteiger partial charge in [0.25, 0.3) is 0 Å². The Morgan fingerprint density at radius 2 is 2.25 bits per heavy atom. The predicted molar refractivity (Wildman–Crippen MR) is 36.6 cm³/mol. The van der Waals surface area contributed by atoms with Gasteiger partial charge < -0.3 is 0 Å². The van der Waals surface area contributed by atoms with Crippen molar-refractivity contribution in [3.05, 3.63) is 17.9 Å². The van der Waals surface area contributed by atoms with Crippen LogP contribution in [-0.4, -0.2) is 10.8 Å². The lowest BCUT2D eigenvalue weighted by atomic mass is 10.1. The molecule has 2 unspecified atom stereocenters. The Morgan fingerprint density at radius 1 is 1.50 bits per heavy atom. The summed E-state index contributed by atoms with van der Waals surface area (Å²) in [5.74, 6) is 0. The summed E-state index contributed by atoms with van der Waals surface area (Å²) < 4.78 is 0. The molecule has 0 fully saturated rings. The number of hydrogen-bond donors (Lipinski definition) is 0. The molecule has 0 bridgehead atoms. The van der Waals surface area contributed by atoms with E-state index in [4.69, 9.17) is 23.2 Å². The van der Waals surface area contributed by atoms with Gasteiger partial charge in [0.2, 0.25) is 0 Å². The summed E-state index contributed by atoms with van der Waals surface area (Å²) in [6.45, 7) is 0. The number of halogens is 2. The first-order valence-electron chi connectivity index (χ1n) is 2.50. The molecule has 0 radical (unpaired) electrons. The van der Waals surface area contributed by atoms with Crippen LogP contribution in [0.4, 0.5) is 0 Å². The van der Waals surface area contributed by atoms with Gasteiger partial charge in [0, 0.05) is 0 Å². The SMILES string of the molecule is ClC1C=C=CCC1Cl. The second-order valence-corrected chi connectivity index (χ2v) is 2.80. The van der Waals surface area contributed by atoms with Crippen molar-refractivity contribution in [1.29, 1.82) is 0 Å². The summed E-state index contributed by atoms with van der Waals surface area (Å²) >= 11 is 11.4. The quantitative estimate of drug-likeness (QED) is 0.366. The molecule has 44 valence electrons. The molecule has 0 aromatic carbocycles. The fraction of sp³-hybridized carbons (Fsp3) is 0.500. The Balaban J connectivity index is 2.62. The van der Waals surface area contributed by atoms with Crippen LogP contribution in [0.5, 0.6) is 0 Å². The summed E-state index contributed by atoms with van der Waals surface area (Å²) in [5, 5.41) is 0.0413. The molecule has 0 heterocycles. The first-order chi connectivity index (χ1) is 3.80. The van der Waals surface area contributed by atoms with Crippen molar-refractivity contribution in [2.75, 3.05) is 0 Å². The second kappa shape index (κ2) is 2.59. The molecule has 0 nitrogen and oxygen atoms in total. The minimum Gasteiger partial charge on any atom is -0.128 e. The van der Waals surface area contributed by atoms with E-state index >= 15 is 0 Å². The van der Waals surface area contributed by atoms with Crippen molar-refractivity contribution in [1.82, 2.24) is 0 Å². The lowest BCUT2D eigenvalue weighted by Gasteiger charge is -2.10. The van der Waals surface area contributed by atoms with E-state index in [9.17, 15) is 0 Å². The van der Waals surface area contributed by atoms with Gasteiger partial charge in [-0.05, 0) is 18.6 Å². The minimum atomic E-state index is -0.0262. The Hall–Kier alpha value is 0.1000. The van der Waals surface area contributed by atoms with Gasteiger partial charge in [-0.15, -0.1) is 28.9 Å². The van der Waals surface area contributed by atoms with Crippen LogP contribution >= 0.6 is 23.2 Å². The van der Waals surface area contributed by atoms with Crippen molar-refractivity contribution in [2.24, 2.45) is 0 Å². The minimum absolute atomic E-state index is 0.0262. The van der Waals surface area contributed by atoms with Crippen molar-refractivity contribution in [3.63, 3.8) is 0 Å². The summed E-state index contributed by atoms with van der Waals surface area (Å²) in [4.78, 5) is 0. The van der Waals surface area contributed by atoms with Crippen molar-refractivity contribution in [2.45, 2.75) is 17.2 Å². The van der Waals surface area contributed by atoms with Crippen LogP contribution in [0, 0.1) is 0 Å². The molecule has 0 saturated heterocycles. The lowest BCUT2D eigenvalue weighted by Crippen LogP contribution is -2.12. The zero-order chi connectivity index (χ0) is 5.98. The summed E-state index contributed by atoms with van der Waals surface area (Å²) in [5.41, 5.74) is 2.90. The highest BCUT2D eigenvalue weighted by molar-refractivity contribution is 6.31. The highest BCUT2D eigenvalue weighted by Gasteiger charge is 2.13. The molecule has 0 spiro atoms. The molecule has 0 amide bonds. The molecule has 0 aromatic rings. The highest BCUT2D eigenvalue weighted by atomic mass is 35.5. The van der Waals surface area contributed by atoms with Gasteiger partial charge in [-0.2, -0.15) is 0 Å². The monoisotopic (exact) mass is 148 g/mol. The Bertz CT molecular complexity index is 133. The fourth-order valence-corrected chi connectivity index (χ4v) is 0.912. The van der Waals surface area contributed by atoms with Crippen LogP contribution in [0.15, 0.2) is 17.9 Å². The van der Waals surface area contributed by atoms with Gasteiger partial charge in [-0.3, -0.25) is 0 Å². The third-order valence-electron chi connectivity index (χ3n) is 1.06. The van der Waals surface area contributed by atoms with Crippen LogP contribution < -0.4 is 0 Å². The Kier molecular flexibility index (Phi) is 2.01. The molecule has 1 aliphatic carbocycles. The molecule has 2 heteroatoms. The molecular weight excluding hydrogens is 143 g/mol. The zero-order valence-electron chi connectivity index (χ0n) is 4.27. The first-order valence-corrected chi connectivity index (χ1v) is 3.37. The number of hydrogen-bond acceptors (Lipinski definition) is 0. The van der Waals surface area contributed by atoms with E-state index in [1.165, 1.54) is 0 Å². The fourth-order valence-electron chi connectivity index (χ4n) is 0.575. The molecule has 0 saturated carbocycles. The maximum Gasteiger partial charge on any atom is 0.0756 e. The standard InChI is InChI=1S/C6H6Cl2/c7-5-3-1-2-4-6(5)8/h1,4-6H,3H2. The Labute approximate surface area is 58.8 Å². The van der Waals surface area contributed by atoms with E-state index in [2.05, 4.69) is 5.73 Å². The molecule has 2 atom stereocenters. The first kappa shape index (κ1) is 6.22. The van der Waals surface area contributed by atoms with Crippen LogP contribution in [0.2, 0.25) is 0 Å². The maximum atomic E-state index is 5.73. The lowest BCUT2D eigenvalue weighted by molar-refractivity contribution is 0.871. The van der Waals surface area contributed by atoms with Crippen LogP contribution in [-0.2, 0) is 0 Å². The third kappa shape index (κ3) is 1.29. The van der Waals surface area contributed by atoms with E-state index in [-0.39, 0.29) is 10.8 Å². The molecule has 0 N–H and O–H groups in total. The molecule has 1 aliphatic rings. The average molecular weight is 149 g/mol. The number of alkyl halides is 2. The molecular formula is C6H6Cl2. The van der Waals surface area contributed by atoms with Crippen LogP contribution in [0.1, 0.15) is 6.42 Å². The van der Waals surface area contributed by atoms with E-state index < -0.39 is 0 Å². The number of rotatable bonds is 0. The van der Waals surface area contributed by atoms with E-state index in [0.717, 1.165) is 6.42 Å². The van der Waals surface area contributed by atoms with Crippen molar-refractivity contribution < 1.29 is 0 Å². The van der Waals surface area contributed by atoms with E-state index in [0.29, 0.717) is 0 Å². The van der Waals surface area contributed by atoms with Gasteiger partial charge in [-0.1, -0.05) is 0 Å². The van der Waals surface area contributed by atoms with E-state index in [1.807, 2.05) is 6.08 Å². The highest BCUT2D eigenvalue weighted by Crippen LogP contribution is 2.17. The van der Waals surface area contributed by atoms with Crippen molar-refractivity contribution in [3.8, 4) is 0 Å². The normalized spacial score (nSPS) is 35.8. The molecule has 8 heavy (non-hydrogen) atoms. The van der Waals surface area contributed by atoms with Gasteiger partial charge in [0.15, 0.2) is 0 Å². The molecule has 1 rings (SSSR count). The van der Waals surface area contributed by atoms with Gasteiger partial charge in [0.1, 0.15) is 0 Å². The van der Waals surface area contributed by atoms with Gasteiger partial charge in [-0.25, -0.2) is 0 Å². The van der Waals surface area contributed by atoms with Crippen LogP contribution in [0.25, 0.3) is 0 Å². The average Bonchev–Trinajstić information content (AvgIpc) is 1.77. The zero-order valence-corrected chi connectivity index (χ0v) is 5.78. The molecule has 0 aromatic heterocycles. The number of allylic oxidation sites excluding steroid dienone is 1. The second-order valence-electron chi connectivity index (χ2n) is 1.73. The smallest absolute Gasteiger partial charge is 0.0756 e. The topological polar surface area (TPSA) is 0 Å². The summed E-state index contributed by atoms with van der Waals surface area (Å²) in [6.07, 6.45) is 4.52.